The molecule has 3 rings (SSSR count). The summed E-state index contributed by atoms with van der Waals surface area (Å²) in [5.74, 6) is 0.778. The van der Waals surface area contributed by atoms with Crippen molar-refractivity contribution >= 4 is 22.8 Å². The lowest BCUT2D eigenvalue weighted by molar-refractivity contribution is 0.321. The molecule has 5 nitrogen and oxygen atoms in total. The van der Waals surface area contributed by atoms with Gasteiger partial charge in [0.2, 0.25) is 0 Å². The van der Waals surface area contributed by atoms with Crippen LogP contribution in [0, 0.1) is 6.92 Å². The third-order valence-corrected chi connectivity index (χ3v) is 3.80. The van der Waals surface area contributed by atoms with E-state index in [2.05, 4.69) is 15.2 Å². The third kappa shape index (κ3) is 2.00. The van der Waals surface area contributed by atoms with Crippen molar-refractivity contribution in [3.8, 4) is 5.82 Å². The van der Waals surface area contributed by atoms with Gasteiger partial charge in [0.15, 0.2) is 5.82 Å². The first-order chi connectivity index (χ1) is 9.72. The van der Waals surface area contributed by atoms with Gasteiger partial charge in [0.1, 0.15) is 0 Å². The normalized spacial score (nSPS) is 14.9. The minimum atomic E-state index is 0.601. The molecule has 0 aromatic carbocycles. The van der Waals surface area contributed by atoms with E-state index in [4.69, 9.17) is 16.8 Å². The summed E-state index contributed by atoms with van der Waals surface area (Å²) in [6.07, 6.45) is 4.63. The molecule has 0 fully saturated rings. The van der Waals surface area contributed by atoms with Crippen LogP contribution in [0.25, 0.3) is 10.9 Å². The second-order valence-corrected chi connectivity index (χ2v) is 4.97. The molecule has 20 heavy (non-hydrogen) atoms. The molecular weight excluding hydrogens is 276 g/mol. The van der Waals surface area contributed by atoms with Crippen LogP contribution in [0.5, 0.6) is 0 Å². The zero-order valence-electron chi connectivity index (χ0n) is 10.9. The van der Waals surface area contributed by atoms with Crippen LogP contribution in [-0.2, 0) is 6.42 Å². The lowest BCUT2D eigenvalue weighted by atomic mass is 9.96. The van der Waals surface area contributed by atoms with Gasteiger partial charge in [-0.1, -0.05) is 22.8 Å². The quantitative estimate of drug-likeness (QED) is 0.525. The number of nitrogens with zero attached hydrogens (tertiary/aromatic N) is 4. The maximum absolute atomic E-state index is 8.68. The highest BCUT2D eigenvalue weighted by Gasteiger charge is 2.25. The SMILES string of the molecule is Cc1nn(-c2ccccn2)c2c1C(Cl)=C(/C=N/O)CC2. The predicted molar refractivity (Wildman–Crippen MR) is 77.5 cm³/mol. The minimum absolute atomic E-state index is 0.601. The van der Waals surface area contributed by atoms with Crippen molar-refractivity contribution in [3.05, 3.63) is 46.9 Å². The van der Waals surface area contributed by atoms with E-state index in [0.717, 1.165) is 34.8 Å². The maximum Gasteiger partial charge on any atom is 0.153 e. The Labute approximate surface area is 121 Å². The van der Waals surface area contributed by atoms with E-state index in [-0.39, 0.29) is 0 Å². The van der Waals surface area contributed by atoms with E-state index in [1.807, 2.05) is 29.8 Å². The van der Waals surface area contributed by atoms with Gasteiger partial charge in [0.25, 0.3) is 0 Å². The van der Waals surface area contributed by atoms with E-state index >= 15 is 0 Å². The monoisotopic (exact) mass is 288 g/mol. The van der Waals surface area contributed by atoms with Crippen molar-refractivity contribution in [1.29, 1.82) is 0 Å². The summed E-state index contributed by atoms with van der Waals surface area (Å²) in [4.78, 5) is 4.33. The Morgan fingerprint density at radius 2 is 2.25 bits per heavy atom. The molecule has 0 spiro atoms. The largest absolute Gasteiger partial charge is 0.411 e. The fourth-order valence-corrected chi connectivity index (χ4v) is 2.86. The van der Waals surface area contributed by atoms with Crippen LogP contribution in [0.15, 0.2) is 35.1 Å². The van der Waals surface area contributed by atoms with Gasteiger partial charge in [0.05, 0.1) is 22.6 Å². The average molecular weight is 289 g/mol. The van der Waals surface area contributed by atoms with Crippen LogP contribution in [0.3, 0.4) is 0 Å². The summed E-state index contributed by atoms with van der Waals surface area (Å²) in [5.41, 5.74) is 3.63. The Morgan fingerprint density at radius 3 is 2.95 bits per heavy atom. The summed E-state index contributed by atoms with van der Waals surface area (Å²) in [5, 5.41) is 16.9. The van der Waals surface area contributed by atoms with E-state index in [0.29, 0.717) is 11.5 Å². The molecule has 0 amide bonds. The smallest absolute Gasteiger partial charge is 0.153 e. The first kappa shape index (κ1) is 12.9. The van der Waals surface area contributed by atoms with Gasteiger partial charge in [-0.15, -0.1) is 0 Å². The van der Waals surface area contributed by atoms with Crippen LogP contribution in [-0.4, -0.2) is 26.2 Å². The number of fused-ring (bicyclic) bond motifs is 1. The van der Waals surface area contributed by atoms with Crippen molar-refractivity contribution in [3.63, 3.8) is 0 Å². The molecule has 1 aliphatic rings. The van der Waals surface area contributed by atoms with Gasteiger partial charge in [-0.2, -0.15) is 5.10 Å². The Balaban J connectivity index is 2.17. The van der Waals surface area contributed by atoms with Crippen molar-refractivity contribution in [2.45, 2.75) is 19.8 Å². The van der Waals surface area contributed by atoms with Crippen LogP contribution >= 0.6 is 11.6 Å². The van der Waals surface area contributed by atoms with E-state index in [1.165, 1.54) is 6.21 Å². The molecule has 0 unspecified atom stereocenters. The standard InChI is InChI=1S/C14H13ClN4O/c1-9-13-11(6-5-10(8-17-20)14(13)15)19(18-9)12-4-2-3-7-16-12/h2-4,7-8,20H,5-6H2,1H3/b17-8+. The fraction of sp³-hybridized carbons (Fsp3) is 0.214. The topological polar surface area (TPSA) is 63.3 Å². The van der Waals surface area contributed by atoms with Crippen LogP contribution in [0.1, 0.15) is 23.4 Å². The van der Waals surface area contributed by atoms with Crippen LogP contribution < -0.4 is 0 Å². The lowest BCUT2D eigenvalue weighted by Crippen LogP contribution is -2.09. The van der Waals surface area contributed by atoms with Crippen molar-refractivity contribution < 1.29 is 5.21 Å². The molecule has 1 aliphatic carbocycles. The number of hydrogen-bond acceptors (Lipinski definition) is 4. The van der Waals surface area contributed by atoms with Crippen molar-refractivity contribution in [1.82, 2.24) is 14.8 Å². The number of aryl methyl sites for hydroxylation is 1. The summed E-state index contributed by atoms with van der Waals surface area (Å²) in [7, 11) is 0. The molecule has 0 radical (unpaired) electrons. The Hall–Kier alpha value is -2.14. The number of oxime groups is 1. The zero-order valence-corrected chi connectivity index (χ0v) is 11.7. The fourth-order valence-electron chi connectivity index (χ4n) is 2.47. The van der Waals surface area contributed by atoms with Gasteiger partial charge in [0, 0.05) is 11.8 Å². The summed E-state index contributed by atoms with van der Waals surface area (Å²) < 4.78 is 1.83. The van der Waals surface area contributed by atoms with E-state index < -0.39 is 0 Å². The van der Waals surface area contributed by atoms with Crippen LogP contribution in [0.2, 0.25) is 0 Å². The average Bonchev–Trinajstić information content (AvgIpc) is 2.81. The Kier molecular flexibility index (Phi) is 3.28. The Morgan fingerprint density at radius 1 is 1.40 bits per heavy atom. The molecule has 2 aromatic heterocycles. The number of allylic oxidation sites excluding steroid dienone is 1. The van der Waals surface area contributed by atoms with Gasteiger partial charge < -0.3 is 5.21 Å². The van der Waals surface area contributed by atoms with Crippen LogP contribution in [0.4, 0.5) is 0 Å². The van der Waals surface area contributed by atoms with Crippen molar-refractivity contribution in [2.75, 3.05) is 0 Å². The molecule has 6 heteroatoms. The first-order valence-electron chi connectivity index (χ1n) is 6.28. The lowest BCUT2D eigenvalue weighted by Gasteiger charge is -2.15. The molecule has 2 heterocycles. The second kappa shape index (κ2) is 5.09. The molecular formula is C14H13ClN4O. The van der Waals surface area contributed by atoms with Gasteiger partial charge in [-0.25, -0.2) is 9.67 Å². The highest BCUT2D eigenvalue weighted by Crippen LogP contribution is 2.36. The highest BCUT2D eigenvalue weighted by atomic mass is 35.5. The molecule has 0 bridgehead atoms. The van der Waals surface area contributed by atoms with E-state index in [1.54, 1.807) is 6.20 Å². The summed E-state index contributed by atoms with van der Waals surface area (Å²) in [6, 6.07) is 5.71. The van der Waals surface area contributed by atoms with Gasteiger partial charge >= 0.3 is 0 Å². The number of aromatic nitrogens is 3. The number of rotatable bonds is 2. The molecule has 0 atom stereocenters. The first-order valence-corrected chi connectivity index (χ1v) is 6.66. The van der Waals surface area contributed by atoms with Crippen molar-refractivity contribution in [2.24, 2.45) is 5.16 Å². The zero-order chi connectivity index (χ0) is 14.1. The van der Waals surface area contributed by atoms with Gasteiger partial charge in [-0.05, 0) is 37.5 Å². The maximum atomic E-state index is 8.68. The van der Waals surface area contributed by atoms with E-state index in [9.17, 15) is 0 Å². The Bertz CT molecular complexity index is 703. The number of pyridine rings is 1. The third-order valence-electron chi connectivity index (χ3n) is 3.37. The molecule has 0 saturated heterocycles. The molecule has 1 N–H and O–H groups in total. The molecule has 0 saturated carbocycles. The molecule has 2 aromatic rings. The number of halogens is 1. The molecule has 0 aliphatic heterocycles. The summed E-state index contributed by atoms with van der Waals surface area (Å²) in [6.45, 7) is 1.92. The minimum Gasteiger partial charge on any atom is -0.411 e. The number of hydrogen-bond donors (Lipinski definition) is 1. The van der Waals surface area contributed by atoms with Gasteiger partial charge in [-0.3, -0.25) is 0 Å². The predicted octanol–water partition coefficient (Wildman–Crippen LogP) is 2.93. The summed E-state index contributed by atoms with van der Waals surface area (Å²) >= 11 is 6.40. The highest BCUT2D eigenvalue weighted by molar-refractivity contribution is 6.51. The molecule has 102 valence electrons. The second-order valence-electron chi connectivity index (χ2n) is 4.59.